The molecule has 0 amide bonds. The minimum Gasteiger partial charge on any atom is -0.296 e. The van der Waals surface area contributed by atoms with Gasteiger partial charge in [-0.2, -0.15) is 0 Å². The number of fused-ring (bicyclic) bond motifs is 6. The van der Waals surface area contributed by atoms with E-state index in [1.54, 1.807) is 10.6 Å². The maximum atomic E-state index is 8.68. The first-order valence-corrected chi connectivity index (χ1v) is 17.2. The van der Waals surface area contributed by atoms with Crippen molar-refractivity contribution >= 4 is 54.1 Å². The summed E-state index contributed by atoms with van der Waals surface area (Å²) in [5.41, 5.74) is 8.33. The van der Waals surface area contributed by atoms with E-state index in [-0.39, 0.29) is 5.82 Å². The molecule has 0 aliphatic heterocycles. The molecule has 0 atom stereocenters. The summed E-state index contributed by atoms with van der Waals surface area (Å²) in [6.45, 7) is -2.92. The lowest BCUT2D eigenvalue weighted by Gasteiger charge is -2.20. The molecule has 2 heteroatoms. The Morgan fingerprint density at radius 3 is 1.80 bits per heavy atom. The third kappa shape index (κ3) is 4.68. The van der Waals surface area contributed by atoms with Crippen LogP contribution in [0.2, 0.25) is 0 Å². The molecule has 0 unspecified atom stereocenters. The SMILES string of the molecule is [2H]C([2H])([2H])C([2H])([2H])c1nc2ccccc2n1-c1cccc(-c2cccc(-c3c4ccccc4c(-c4cc5ccccc5c5ccccc45)c4ccccc34)c2)c1. The average Bonchev–Trinajstić information content (AvgIpc) is 3.63. The maximum absolute atomic E-state index is 8.68. The van der Waals surface area contributed by atoms with Crippen LogP contribution in [0.1, 0.15) is 19.5 Å². The lowest BCUT2D eigenvalue weighted by Crippen LogP contribution is -2.00. The van der Waals surface area contributed by atoms with Gasteiger partial charge >= 0.3 is 0 Å². The predicted molar refractivity (Wildman–Crippen MR) is 217 cm³/mol. The molecule has 9 aromatic carbocycles. The van der Waals surface area contributed by atoms with Gasteiger partial charge in [0.25, 0.3) is 0 Å². The van der Waals surface area contributed by atoms with Gasteiger partial charge < -0.3 is 0 Å². The van der Waals surface area contributed by atoms with Crippen molar-refractivity contribution in [2.45, 2.75) is 13.2 Å². The summed E-state index contributed by atoms with van der Waals surface area (Å²) in [5.74, 6) is -0.151. The molecule has 0 spiro atoms. The van der Waals surface area contributed by atoms with Gasteiger partial charge in [-0.3, -0.25) is 4.57 Å². The molecule has 0 N–H and O–H groups in total. The number of hydrogen-bond donors (Lipinski definition) is 0. The van der Waals surface area contributed by atoms with E-state index in [0.717, 1.165) is 33.0 Å². The Hall–Kier alpha value is -6.51. The van der Waals surface area contributed by atoms with Crippen LogP contribution >= 0.6 is 0 Å². The van der Waals surface area contributed by atoms with Crippen LogP contribution < -0.4 is 0 Å². The van der Waals surface area contributed by atoms with Gasteiger partial charge in [-0.25, -0.2) is 4.98 Å². The zero-order chi connectivity index (χ0) is 38.2. The van der Waals surface area contributed by atoms with E-state index in [4.69, 9.17) is 6.85 Å². The zero-order valence-corrected chi connectivity index (χ0v) is 27.6. The van der Waals surface area contributed by atoms with Crippen molar-refractivity contribution < 1.29 is 6.85 Å². The Kier molecular flexibility index (Phi) is 5.70. The lowest BCUT2D eigenvalue weighted by atomic mass is 9.83. The van der Waals surface area contributed by atoms with E-state index in [9.17, 15) is 0 Å². The monoisotopic (exact) mass is 655 g/mol. The predicted octanol–water partition coefficient (Wildman–Crippen LogP) is 13.2. The van der Waals surface area contributed by atoms with Gasteiger partial charge in [0.05, 0.1) is 11.0 Å². The summed E-state index contributed by atoms with van der Waals surface area (Å²) in [7, 11) is 0. The Morgan fingerprint density at radius 1 is 0.490 bits per heavy atom. The minimum absolute atomic E-state index is 0.151. The molecule has 10 rings (SSSR count). The number of hydrogen-bond acceptors (Lipinski definition) is 1. The molecule has 10 aromatic rings. The Bertz CT molecular complexity index is 3120. The van der Waals surface area contributed by atoms with Crippen molar-refractivity contribution in [3.05, 3.63) is 182 Å². The molecule has 0 aliphatic carbocycles. The van der Waals surface area contributed by atoms with Gasteiger partial charge in [0.15, 0.2) is 0 Å². The van der Waals surface area contributed by atoms with Crippen molar-refractivity contribution in [2.24, 2.45) is 0 Å². The molecule has 51 heavy (non-hydrogen) atoms. The highest BCUT2D eigenvalue weighted by atomic mass is 15.1. The second kappa shape index (κ2) is 11.8. The summed E-state index contributed by atoms with van der Waals surface area (Å²) < 4.78 is 43.1. The molecule has 0 radical (unpaired) electrons. The highest BCUT2D eigenvalue weighted by Gasteiger charge is 2.19. The maximum Gasteiger partial charge on any atom is 0.114 e. The third-order valence-electron chi connectivity index (χ3n) is 10.2. The average molecular weight is 656 g/mol. The quantitative estimate of drug-likeness (QED) is 0.133. The van der Waals surface area contributed by atoms with Crippen molar-refractivity contribution in [1.82, 2.24) is 9.55 Å². The van der Waals surface area contributed by atoms with Crippen LogP contribution in [-0.2, 0) is 6.37 Å². The fourth-order valence-corrected chi connectivity index (χ4v) is 8.04. The summed E-state index contributed by atoms with van der Waals surface area (Å²) in [4.78, 5) is 4.53. The normalized spacial score (nSPS) is 13.7. The number of para-hydroxylation sites is 2. The molecule has 0 aliphatic rings. The highest BCUT2D eigenvalue weighted by molar-refractivity contribution is 6.25. The molecule has 2 nitrogen and oxygen atoms in total. The van der Waals surface area contributed by atoms with Crippen molar-refractivity contribution in [3.8, 4) is 39.1 Å². The Balaban J connectivity index is 1.18. The van der Waals surface area contributed by atoms with Gasteiger partial charge in [-0.15, -0.1) is 0 Å². The van der Waals surface area contributed by atoms with E-state index in [0.29, 0.717) is 16.7 Å². The zero-order valence-electron chi connectivity index (χ0n) is 32.6. The highest BCUT2D eigenvalue weighted by Crippen LogP contribution is 2.46. The fraction of sp³-hybridized carbons (Fsp3) is 0.0408. The van der Waals surface area contributed by atoms with Crippen LogP contribution in [0.25, 0.3) is 93.2 Å². The van der Waals surface area contributed by atoms with Crippen molar-refractivity contribution in [2.75, 3.05) is 0 Å². The summed E-state index contributed by atoms with van der Waals surface area (Å²) >= 11 is 0. The second-order valence-corrected chi connectivity index (χ2v) is 13.0. The summed E-state index contributed by atoms with van der Waals surface area (Å²) in [6.07, 6.45) is -2.69. The molecular formula is C49H34N2. The van der Waals surface area contributed by atoms with E-state index in [2.05, 4.69) is 132 Å². The summed E-state index contributed by atoms with van der Waals surface area (Å²) in [5, 5.41) is 9.57. The summed E-state index contributed by atoms with van der Waals surface area (Å²) in [6, 6.07) is 60.7. The van der Waals surface area contributed by atoms with Gasteiger partial charge in [0.1, 0.15) is 5.82 Å². The Labute approximate surface area is 303 Å². The molecule has 0 saturated carbocycles. The molecule has 0 saturated heterocycles. The first-order chi connectivity index (χ1) is 27.2. The van der Waals surface area contributed by atoms with E-state index in [1.165, 1.54) is 43.4 Å². The van der Waals surface area contributed by atoms with Crippen LogP contribution in [0.15, 0.2) is 176 Å². The number of aryl methyl sites for hydroxylation is 1. The number of imidazole rings is 1. The van der Waals surface area contributed by atoms with Gasteiger partial charge in [-0.05, 0) is 113 Å². The first kappa shape index (κ1) is 24.6. The van der Waals surface area contributed by atoms with Crippen LogP contribution in [0.4, 0.5) is 0 Å². The van der Waals surface area contributed by atoms with Crippen LogP contribution in [-0.4, -0.2) is 9.55 Å². The molecule has 1 aromatic heterocycles. The van der Waals surface area contributed by atoms with Crippen LogP contribution in [0.3, 0.4) is 0 Å². The molecular weight excluding hydrogens is 617 g/mol. The smallest absolute Gasteiger partial charge is 0.114 e. The number of aromatic nitrogens is 2. The Morgan fingerprint density at radius 2 is 1.06 bits per heavy atom. The first-order valence-electron chi connectivity index (χ1n) is 19.7. The number of nitrogens with zero attached hydrogens (tertiary/aromatic N) is 2. The van der Waals surface area contributed by atoms with Gasteiger partial charge in [0.2, 0.25) is 0 Å². The van der Waals surface area contributed by atoms with Crippen molar-refractivity contribution in [1.29, 1.82) is 0 Å². The van der Waals surface area contributed by atoms with Gasteiger partial charge in [0, 0.05) is 18.9 Å². The van der Waals surface area contributed by atoms with Crippen LogP contribution in [0.5, 0.6) is 0 Å². The van der Waals surface area contributed by atoms with E-state index < -0.39 is 13.2 Å². The standard InChI is InChI=1S/C49H34N2/c1-2-47-50-45-27-11-12-28-46(45)51(47)36-19-14-17-33(30-36)32-16-13-18-35(29-32)48-40-23-7-9-25-42(40)49(43-26-10-8-24-41(43)48)44-31-34-15-3-4-20-37(34)38-21-5-6-22-39(38)44/h3-31H,2H2,1H3/i1D3,2D2. The molecule has 1 heterocycles. The molecule has 0 bridgehead atoms. The number of benzene rings is 9. The third-order valence-corrected chi connectivity index (χ3v) is 10.2. The van der Waals surface area contributed by atoms with E-state index >= 15 is 0 Å². The minimum atomic E-state index is -2.92. The number of rotatable bonds is 5. The van der Waals surface area contributed by atoms with Crippen molar-refractivity contribution in [3.63, 3.8) is 0 Å². The topological polar surface area (TPSA) is 17.8 Å². The van der Waals surface area contributed by atoms with E-state index in [1.807, 2.05) is 42.5 Å². The largest absolute Gasteiger partial charge is 0.296 e. The lowest BCUT2D eigenvalue weighted by molar-refractivity contribution is 0.908. The fourth-order valence-electron chi connectivity index (χ4n) is 8.04. The second-order valence-electron chi connectivity index (χ2n) is 13.0. The molecule has 240 valence electrons. The van der Waals surface area contributed by atoms with Crippen LogP contribution in [0, 0.1) is 0 Å². The molecule has 0 fully saturated rings. The van der Waals surface area contributed by atoms with Gasteiger partial charge in [-0.1, -0.05) is 146 Å².